The number of benzene rings is 2. The van der Waals surface area contributed by atoms with Crippen molar-refractivity contribution < 1.29 is 4.79 Å². The Hall–Kier alpha value is -3.23. The van der Waals surface area contributed by atoms with E-state index < -0.39 is 0 Å². The molecule has 0 saturated carbocycles. The number of aromatic nitrogens is 4. The minimum absolute atomic E-state index is 0.0761. The zero-order chi connectivity index (χ0) is 23.4. The molecule has 0 spiro atoms. The van der Waals surface area contributed by atoms with E-state index in [4.69, 9.17) is 11.6 Å². The minimum atomic E-state index is -0.333. The van der Waals surface area contributed by atoms with Crippen LogP contribution in [-0.2, 0) is 11.3 Å². The third-order valence-corrected chi connectivity index (χ3v) is 6.38. The number of nitrogens with one attached hydrogen (secondary N) is 1. The predicted molar refractivity (Wildman–Crippen MR) is 132 cm³/mol. The van der Waals surface area contributed by atoms with Gasteiger partial charge >= 0.3 is 0 Å². The highest BCUT2D eigenvalue weighted by atomic mass is 35.5. The molecule has 2 aromatic heterocycles. The number of hydrogen-bond donors (Lipinski definition) is 1. The number of thioether (sulfide) groups is 1. The molecule has 168 valence electrons. The Morgan fingerprint density at radius 1 is 1.09 bits per heavy atom. The lowest BCUT2D eigenvalue weighted by Gasteiger charge is -2.13. The quantitative estimate of drug-likeness (QED) is 0.304. The van der Waals surface area contributed by atoms with Crippen molar-refractivity contribution in [3.8, 4) is 0 Å². The molecule has 1 N–H and O–H groups in total. The zero-order valence-electron chi connectivity index (χ0n) is 18.2. The lowest BCUT2D eigenvalue weighted by atomic mass is 10.0. The van der Waals surface area contributed by atoms with Gasteiger partial charge in [-0.05, 0) is 35.2 Å². The number of carbonyl (C=O) groups excluding carboxylic acids is 1. The van der Waals surface area contributed by atoms with Crippen LogP contribution in [0.15, 0.2) is 70.9 Å². The molecule has 4 rings (SSSR count). The Labute approximate surface area is 200 Å². The Bertz CT molecular complexity index is 1360. The topological polar surface area (TPSA) is 89.8 Å². The number of fused-ring (bicyclic) bond motifs is 1. The largest absolute Gasteiger partial charge is 0.325 e. The molecule has 0 fully saturated rings. The monoisotopic (exact) mass is 479 g/mol. The van der Waals surface area contributed by atoms with E-state index in [1.54, 1.807) is 6.07 Å². The summed E-state index contributed by atoms with van der Waals surface area (Å²) in [7, 11) is 0. The van der Waals surface area contributed by atoms with Crippen LogP contribution in [0.5, 0.6) is 0 Å². The average molecular weight is 480 g/mol. The molecule has 0 unspecified atom stereocenters. The molecule has 9 heteroatoms. The van der Waals surface area contributed by atoms with E-state index in [-0.39, 0.29) is 34.9 Å². The normalized spacial score (nSPS) is 11.2. The van der Waals surface area contributed by atoms with Gasteiger partial charge in [0, 0.05) is 23.1 Å². The summed E-state index contributed by atoms with van der Waals surface area (Å²) in [5, 5.41) is 3.80. The first-order valence-electron chi connectivity index (χ1n) is 10.4. The smallest absolute Gasteiger partial charge is 0.282 e. The van der Waals surface area contributed by atoms with Gasteiger partial charge in [0.15, 0.2) is 16.3 Å². The van der Waals surface area contributed by atoms with Crippen molar-refractivity contribution in [2.45, 2.75) is 31.5 Å². The Balaban J connectivity index is 1.57. The van der Waals surface area contributed by atoms with Crippen LogP contribution < -0.4 is 10.9 Å². The van der Waals surface area contributed by atoms with Gasteiger partial charge in [0.1, 0.15) is 0 Å². The van der Waals surface area contributed by atoms with E-state index in [9.17, 15) is 9.59 Å². The second-order valence-corrected chi connectivity index (χ2v) is 9.07. The van der Waals surface area contributed by atoms with Crippen molar-refractivity contribution in [3.63, 3.8) is 0 Å². The van der Waals surface area contributed by atoms with Crippen molar-refractivity contribution in [1.29, 1.82) is 0 Å². The highest BCUT2D eigenvalue weighted by molar-refractivity contribution is 7.99. The molecule has 7 nitrogen and oxygen atoms in total. The fourth-order valence-corrected chi connectivity index (χ4v) is 4.24. The van der Waals surface area contributed by atoms with Gasteiger partial charge in [0.25, 0.3) is 5.56 Å². The number of anilines is 1. The minimum Gasteiger partial charge on any atom is -0.325 e. The number of rotatable bonds is 7. The number of carbonyl (C=O) groups is 1. The van der Waals surface area contributed by atoms with Gasteiger partial charge in [0.05, 0.1) is 12.3 Å². The average Bonchev–Trinajstić information content (AvgIpc) is 2.81. The number of nitrogens with zero attached hydrogens (tertiary/aromatic N) is 4. The maximum Gasteiger partial charge on any atom is 0.282 e. The van der Waals surface area contributed by atoms with E-state index in [2.05, 4.69) is 34.1 Å². The third-order valence-electron chi connectivity index (χ3n) is 5.04. The molecular formula is C24H22ClN5O2S. The summed E-state index contributed by atoms with van der Waals surface area (Å²) in [6.45, 7) is 4.44. The fraction of sp³-hybridized carbons (Fsp3) is 0.208. The van der Waals surface area contributed by atoms with Crippen molar-refractivity contribution in [2.75, 3.05) is 11.1 Å². The molecule has 0 aliphatic rings. The standard InChI is InChI=1S/C24H22ClN5O2S/c1-15(2)16-7-9-18(10-8-16)28-20(31)14-33-24-29-22-21(26-11-12-27-22)23(32)30(24)13-17-5-3-4-6-19(17)25/h3-12,15H,13-14H2,1-2H3,(H,28,31). The van der Waals surface area contributed by atoms with E-state index in [0.29, 0.717) is 16.1 Å². The Morgan fingerprint density at radius 2 is 1.82 bits per heavy atom. The van der Waals surface area contributed by atoms with E-state index in [0.717, 1.165) is 11.3 Å². The third kappa shape index (κ3) is 5.40. The van der Waals surface area contributed by atoms with Crippen LogP contribution >= 0.6 is 23.4 Å². The molecule has 0 aliphatic heterocycles. The van der Waals surface area contributed by atoms with Crippen LogP contribution in [0.2, 0.25) is 5.02 Å². The number of amides is 1. The molecule has 0 bridgehead atoms. The van der Waals surface area contributed by atoms with Gasteiger partial charge in [-0.25, -0.2) is 15.0 Å². The van der Waals surface area contributed by atoms with E-state index in [1.807, 2.05) is 42.5 Å². The first-order chi connectivity index (χ1) is 15.9. The maximum absolute atomic E-state index is 13.2. The molecule has 33 heavy (non-hydrogen) atoms. The van der Waals surface area contributed by atoms with Crippen LogP contribution in [0, 0.1) is 0 Å². The van der Waals surface area contributed by atoms with Crippen molar-refractivity contribution in [2.24, 2.45) is 0 Å². The highest BCUT2D eigenvalue weighted by Crippen LogP contribution is 2.22. The molecule has 0 radical (unpaired) electrons. The summed E-state index contributed by atoms with van der Waals surface area (Å²) in [5.41, 5.74) is 2.76. The maximum atomic E-state index is 13.2. The molecule has 0 saturated heterocycles. The summed E-state index contributed by atoms with van der Waals surface area (Å²) in [6, 6.07) is 15.1. The van der Waals surface area contributed by atoms with Gasteiger partial charge < -0.3 is 5.32 Å². The molecule has 0 aliphatic carbocycles. The first kappa shape index (κ1) is 22.9. The Kier molecular flexibility index (Phi) is 7.05. The van der Waals surface area contributed by atoms with Gasteiger partial charge in [-0.1, -0.05) is 67.5 Å². The van der Waals surface area contributed by atoms with Crippen LogP contribution in [0.25, 0.3) is 11.2 Å². The van der Waals surface area contributed by atoms with Gasteiger partial charge in [-0.2, -0.15) is 0 Å². The fourth-order valence-electron chi connectivity index (χ4n) is 3.25. The zero-order valence-corrected chi connectivity index (χ0v) is 19.7. The summed E-state index contributed by atoms with van der Waals surface area (Å²) in [5.74, 6) is 0.296. The SMILES string of the molecule is CC(C)c1ccc(NC(=O)CSc2nc3nccnc3c(=O)n2Cc2ccccc2Cl)cc1. The van der Waals surface area contributed by atoms with Crippen molar-refractivity contribution >= 4 is 46.1 Å². The molecule has 2 heterocycles. The second-order valence-electron chi connectivity index (χ2n) is 7.72. The molecular weight excluding hydrogens is 458 g/mol. The highest BCUT2D eigenvalue weighted by Gasteiger charge is 2.16. The van der Waals surface area contributed by atoms with E-state index >= 15 is 0 Å². The summed E-state index contributed by atoms with van der Waals surface area (Å²) >= 11 is 7.48. The second kappa shape index (κ2) is 10.1. The van der Waals surface area contributed by atoms with Gasteiger partial charge in [-0.15, -0.1) is 0 Å². The Morgan fingerprint density at radius 3 is 2.55 bits per heavy atom. The number of hydrogen-bond acceptors (Lipinski definition) is 6. The van der Waals surface area contributed by atoms with Crippen LogP contribution in [0.4, 0.5) is 5.69 Å². The predicted octanol–water partition coefficient (Wildman–Crippen LogP) is 4.74. The lowest BCUT2D eigenvalue weighted by Crippen LogP contribution is -2.26. The van der Waals surface area contributed by atoms with Crippen LogP contribution in [0.3, 0.4) is 0 Å². The van der Waals surface area contributed by atoms with E-state index in [1.165, 1.54) is 34.3 Å². The summed E-state index contributed by atoms with van der Waals surface area (Å²) in [4.78, 5) is 38.5. The van der Waals surface area contributed by atoms with Crippen molar-refractivity contribution in [1.82, 2.24) is 19.5 Å². The summed E-state index contributed by atoms with van der Waals surface area (Å²) in [6.07, 6.45) is 2.94. The van der Waals surface area contributed by atoms with Gasteiger partial charge in [0.2, 0.25) is 5.91 Å². The molecule has 1 amide bonds. The van der Waals surface area contributed by atoms with Crippen LogP contribution in [0.1, 0.15) is 30.9 Å². The lowest BCUT2D eigenvalue weighted by molar-refractivity contribution is -0.113. The molecule has 0 atom stereocenters. The molecule has 2 aromatic carbocycles. The van der Waals surface area contributed by atoms with Crippen molar-refractivity contribution in [3.05, 3.63) is 87.4 Å². The molecule has 4 aromatic rings. The summed E-state index contributed by atoms with van der Waals surface area (Å²) < 4.78 is 1.48. The first-order valence-corrected chi connectivity index (χ1v) is 11.8. The number of halogens is 1. The van der Waals surface area contributed by atoms with Gasteiger partial charge in [-0.3, -0.25) is 14.2 Å². The van der Waals surface area contributed by atoms with Crippen LogP contribution in [-0.4, -0.2) is 31.2 Å².